The minimum atomic E-state index is 0.765. The van der Waals surface area contributed by atoms with E-state index in [1.54, 1.807) is 0 Å². The molecular weight excluding hydrogens is 196 g/mol. The summed E-state index contributed by atoms with van der Waals surface area (Å²) in [4.78, 5) is 4.07. The summed E-state index contributed by atoms with van der Waals surface area (Å²) in [6, 6.07) is 0. The molecule has 0 bridgehead atoms. The van der Waals surface area contributed by atoms with Crippen molar-refractivity contribution in [2.45, 2.75) is 13.3 Å². The van der Waals surface area contributed by atoms with Gasteiger partial charge in [0.05, 0.1) is 6.54 Å². The van der Waals surface area contributed by atoms with Crippen molar-refractivity contribution >= 4 is 0 Å². The van der Waals surface area contributed by atoms with Gasteiger partial charge in [-0.3, -0.25) is 0 Å². The molecule has 0 aliphatic rings. The Balaban J connectivity index is 4.34. The molecule has 0 radical (unpaired) electrons. The highest BCUT2D eigenvalue weighted by Gasteiger charge is 2.08. The van der Waals surface area contributed by atoms with Gasteiger partial charge in [-0.2, -0.15) is 0 Å². The van der Waals surface area contributed by atoms with Crippen LogP contribution < -0.4 is 0 Å². The second-order valence-electron chi connectivity index (χ2n) is 4.50. The monoisotopic (exact) mass is 220 g/mol. The fraction of sp³-hybridized carbons (Fsp3) is 0.429. The molecule has 90 valence electrons. The van der Waals surface area contributed by atoms with E-state index in [0.717, 1.165) is 35.5 Å². The zero-order valence-corrected chi connectivity index (χ0v) is 11.1. The summed E-state index contributed by atoms with van der Waals surface area (Å²) in [6.45, 7) is 18.7. The van der Waals surface area contributed by atoms with E-state index < -0.39 is 0 Å². The lowest BCUT2D eigenvalue weighted by Gasteiger charge is -2.27. The summed E-state index contributed by atoms with van der Waals surface area (Å²) in [5.41, 5.74) is 4.12. The zero-order chi connectivity index (χ0) is 12.9. The summed E-state index contributed by atoms with van der Waals surface area (Å²) in [7, 11) is 5.98. The van der Waals surface area contributed by atoms with E-state index in [1.165, 1.54) is 0 Å². The molecule has 0 aliphatic carbocycles. The molecule has 0 amide bonds. The molecule has 0 heterocycles. The largest absolute Gasteiger partial charge is 0.380 e. The van der Waals surface area contributed by atoms with Gasteiger partial charge in [0.2, 0.25) is 0 Å². The van der Waals surface area contributed by atoms with Crippen molar-refractivity contribution < 1.29 is 0 Å². The van der Waals surface area contributed by atoms with Crippen LogP contribution >= 0.6 is 0 Å². The third-order valence-corrected chi connectivity index (χ3v) is 2.44. The van der Waals surface area contributed by atoms with E-state index in [-0.39, 0.29) is 0 Å². The Bertz CT molecular complexity index is 311. The van der Waals surface area contributed by atoms with E-state index >= 15 is 0 Å². The second-order valence-corrected chi connectivity index (χ2v) is 4.50. The molecule has 0 aromatic rings. The van der Waals surface area contributed by atoms with Crippen LogP contribution in [0.3, 0.4) is 0 Å². The van der Waals surface area contributed by atoms with Crippen LogP contribution in [0.2, 0.25) is 0 Å². The molecular formula is C14H24N2. The summed E-state index contributed by atoms with van der Waals surface area (Å²) < 4.78 is 0. The van der Waals surface area contributed by atoms with Crippen molar-refractivity contribution in [3.05, 3.63) is 48.9 Å². The lowest BCUT2D eigenvalue weighted by Crippen LogP contribution is -2.26. The molecule has 16 heavy (non-hydrogen) atoms. The van der Waals surface area contributed by atoms with Crippen LogP contribution in [0.25, 0.3) is 0 Å². The standard InChI is InChI=1S/C14H24N2/c1-11(2)9-12(3)14(5)16(8)10-13(4)15(6)7/h1,3-5,9-10H2,2,6-8H3. The van der Waals surface area contributed by atoms with Gasteiger partial charge in [0.15, 0.2) is 0 Å². The predicted octanol–water partition coefficient (Wildman–Crippen LogP) is 3.03. The molecule has 2 nitrogen and oxygen atoms in total. The molecule has 0 saturated carbocycles. The summed E-state index contributed by atoms with van der Waals surface area (Å²) >= 11 is 0. The smallest absolute Gasteiger partial charge is 0.0569 e. The molecule has 0 saturated heterocycles. The zero-order valence-electron chi connectivity index (χ0n) is 11.1. The van der Waals surface area contributed by atoms with Crippen LogP contribution in [-0.4, -0.2) is 37.5 Å². The van der Waals surface area contributed by atoms with Crippen molar-refractivity contribution in [2.75, 3.05) is 27.7 Å². The van der Waals surface area contributed by atoms with Crippen LogP contribution in [0.4, 0.5) is 0 Å². The molecule has 0 N–H and O–H groups in total. The first-order valence-electron chi connectivity index (χ1n) is 5.33. The number of likely N-dealkylation sites (N-methyl/N-ethyl adjacent to an activating group) is 2. The summed E-state index contributed by atoms with van der Waals surface area (Å²) in [5.74, 6) is 0. The Hall–Kier alpha value is -1.44. The number of rotatable bonds is 7. The molecule has 0 unspecified atom stereocenters. The number of allylic oxidation sites excluding steroid dienone is 2. The Morgan fingerprint density at radius 3 is 1.88 bits per heavy atom. The van der Waals surface area contributed by atoms with E-state index in [4.69, 9.17) is 0 Å². The van der Waals surface area contributed by atoms with Gasteiger partial charge in [-0.15, -0.1) is 0 Å². The first-order chi connectivity index (χ1) is 7.25. The molecule has 0 atom stereocenters. The van der Waals surface area contributed by atoms with E-state index in [1.807, 2.05) is 33.0 Å². The van der Waals surface area contributed by atoms with Crippen LogP contribution in [0.5, 0.6) is 0 Å². The van der Waals surface area contributed by atoms with Gasteiger partial charge in [0.1, 0.15) is 0 Å². The van der Waals surface area contributed by atoms with Gasteiger partial charge in [-0.1, -0.05) is 31.9 Å². The van der Waals surface area contributed by atoms with Gasteiger partial charge in [0.25, 0.3) is 0 Å². The normalized spacial score (nSPS) is 9.50. The Morgan fingerprint density at radius 2 is 1.50 bits per heavy atom. The quantitative estimate of drug-likeness (QED) is 0.480. The minimum Gasteiger partial charge on any atom is -0.380 e. The van der Waals surface area contributed by atoms with Crippen molar-refractivity contribution in [3.8, 4) is 0 Å². The highest BCUT2D eigenvalue weighted by molar-refractivity contribution is 5.28. The molecule has 0 aromatic carbocycles. The van der Waals surface area contributed by atoms with Crippen molar-refractivity contribution in [3.63, 3.8) is 0 Å². The van der Waals surface area contributed by atoms with E-state index in [9.17, 15) is 0 Å². The molecule has 0 spiro atoms. The Kier molecular flexibility index (Phi) is 5.65. The van der Waals surface area contributed by atoms with Gasteiger partial charge < -0.3 is 9.80 Å². The maximum atomic E-state index is 4.05. The summed E-state index contributed by atoms with van der Waals surface area (Å²) in [5, 5.41) is 0. The van der Waals surface area contributed by atoms with Gasteiger partial charge in [-0.05, 0) is 18.9 Å². The maximum Gasteiger partial charge on any atom is 0.0569 e. The topological polar surface area (TPSA) is 6.48 Å². The molecule has 0 aliphatic heterocycles. The minimum absolute atomic E-state index is 0.765. The van der Waals surface area contributed by atoms with Crippen LogP contribution in [0, 0.1) is 0 Å². The van der Waals surface area contributed by atoms with Crippen molar-refractivity contribution in [1.29, 1.82) is 0 Å². The molecule has 0 fully saturated rings. The third-order valence-electron chi connectivity index (χ3n) is 2.44. The summed E-state index contributed by atoms with van der Waals surface area (Å²) in [6.07, 6.45) is 0.803. The molecule has 0 rings (SSSR count). The van der Waals surface area contributed by atoms with E-state index in [0.29, 0.717) is 0 Å². The fourth-order valence-electron chi connectivity index (χ4n) is 1.25. The average Bonchev–Trinajstić information content (AvgIpc) is 2.14. The van der Waals surface area contributed by atoms with Crippen LogP contribution in [-0.2, 0) is 0 Å². The lowest BCUT2D eigenvalue weighted by atomic mass is 10.1. The first-order valence-corrected chi connectivity index (χ1v) is 5.33. The molecule has 0 aromatic heterocycles. The first kappa shape index (κ1) is 14.6. The van der Waals surface area contributed by atoms with Gasteiger partial charge in [0, 0.05) is 32.5 Å². The number of hydrogen-bond donors (Lipinski definition) is 0. The second kappa shape index (κ2) is 6.21. The Labute approximate surface area is 100 Å². The average molecular weight is 220 g/mol. The number of hydrogen-bond acceptors (Lipinski definition) is 2. The lowest BCUT2D eigenvalue weighted by molar-refractivity contribution is 0.393. The molecule has 2 heteroatoms. The fourth-order valence-corrected chi connectivity index (χ4v) is 1.25. The van der Waals surface area contributed by atoms with Crippen molar-refractivity contribution in [1.82, 2.24) is 9.80 Å². The highest BCUT2D eigenvalue weighted by atomic mass is 15.2. The Morgan fingerprint density at radius 1 is 1.00 bits per heavy atom. The number of nitrogens with zero attached hydrogens (tertiary/aromatic N) is 2. The van der Waals surface area contributed by atoms with E-state index in [2.05, 4.69) is 31.2 Å². The predicted molar refractivity (Wildman–Crippen MR) is 73.2 cm³/mol. The maximum absolute atomic E-state index is 4.05. The van der Waals surface area contributed by atoms with Gasteiger partial charge >= 0.3 is 0 Å². The van der Waals surface area contributed by atoms with Crippen LogP contribution in [0.1, 0.15) is 13.3 Å². The third kappa shape index (κ3) is 4.87. The van der Waals surface area contributed by atoms with Crippen molar-refractivity contribution in [2.24, 2.45) is 0 Å². The SMILES string of the molecule is C=C(C)CC(=C)C(=C)N(C)CC(=C)N(C)C. The van der Waals surface area contributed by atoms with Crippen LogP contribution in [0.15, 0.2) is 48.9 Å². The van der Waals surface area contributed by atoms with Gasteiger partial charge in [-0.25, -0.2) is 0 Å². The highest BCUT2D eigenvalue weighted by Crippen LogP contribution is 2.18.